The lowest BCUT2D eigenvalue weighted by atomic mass is 10.1. The van der Waals surface area contributed by atoms with Crippen LogP contribution in [0.3, 0.4) is 0 Å². The van der Waals surface area contributed by atoms with E-state index in [-0.39, 0.29) is 30.2 Å². The number of nitrogens with one attached hydrogen (secondary N) is 1. The fourth-order valence-corrected chi connectivity index (χ4v) is 2.89. The number of hydrogen-bond acceptors (Lipinski definition) is 5. The molecule has 0 spiro atoms. The van der Waals surface area contributed by atoms with Crippen molar-refractivity contribution in [3.63, 3.8) is 0 Å². The maximum atomic E-state index is 13.1. The second kappa shape index (κ2) is 9.69. The summed E-state index contributed by atoms with van der Waals surface area (Å²) in [6.07, 6.45) is 0.619. The number of amides is 1. The molecule has 3 aromatic rings. The molecule has 0 aliphatic rings. The zero-order valence-corrected chi connectivity index (χ0v) is 16.7. The third kappa shape index (κ3) is 5.22. The first-order chi connectivity index (χ1) is 14.5. The number of anilines is 1. The van der Waals surface area contributed by atoms with Gasteiger partial charge in [0, 0.05) is 30.7 Å². The second-order valence-corrected chi connectivity index (χ2v) is 6.50. The van der Waals surface area contributed by atoms with Crippen LogP contribution in [0.2, 0.25) is 0 Å². The van der Waals surface area contributed by atoms with Crippen LogP contribution in [0.4, 0.5) is 10.1 Å². The van der Waals surface area contributed by atoms with E-state index in [4.69, 9.17) is 9.47 Å². The minimum Gasteiger partial charge on any atom is -0.497 e. The summed E-state index contributed by atoms with van der Waals surface area (Å²) in [5.74, 6) is 0.566. The molecule has 0 bridgehead atoms. The van der Waals surface area contributed by atoms with Gasteiger partial charge in [0.15, 0.2) is 0 Å². The lowest BCUT2D eigenvalue weighted by Crippen LogP contribution is -2.23. The summed E-state index contributed by atoms with van der Waals surface area (Å²) in [4.78, 5) is 24.4. The molecule has 1 N–H and O–H groups in total. The highest BCUT2D eigenvalue weighted by atomic mass is 19.1. The van der Waals surface area contributed by atoms with Crippen molar-refractivity contribution in [2.75, 3.05) is 19.5 Å². The summed E-state index contributed by atoms with van der Waals surface area (Å²) < 4.78 is 24.8. The summed E-state index contributed by atoms with van der Waals surface area (Å²) in [6, 6.07) is 14.0. The molecule has 0 radical (unpaired) electrons. The predicted octanol–water partition coefficient (Wildman–Crippen LogP) is 3.49. The lowest BCUT2D eigenvalue weighted by molar-refractivity contribution is -0.116. The molecular formula is C22H22FN3O4. The number of halogens is 1. The number of carbonyl (C=O) groups excluding carboxylic acids is 1. The Morgan fingerprint density at radius 3 is 2.53 bits per heavy atom. The molecule has 7 nitrogen and oxygen atoms in total. The number of aromatic nitrogens is 2. The van der Waals surface area contributed by atoms with Crippen LogP contribution in [-0.2, 0) is 11.3 Å². The van der Waals surface area contributed by atoms with Crippen LogP contribution in [0.15, 0.2) is 59.4 Å². The van der Waals surface area contributed by atoms with Crippen molar-refractivity contribution in [3.05, 3.63) is 70.8 Å². The Morgan fingerprint density at radius 2 is 1.83 bits per heavy atom. The Balaban J connectivity index is 1.61. The van der Waals surface area contributed by atoms with Gasteiger partial charge >= 0.3 is 0 Å². The van der Waals surface area contributed by atoms with E-state index in [1.165, 1.54) is 30.0 Å². The number of rotatable bonds is 8. The van der Waals surface area contributed by atoms with E-state index in [0.717, 1.165) is 0 Å². The topological polar surface area (TPSA) is 82.5 Å². The molecule has 1 heterocycles. The number of ether oxygens (including phenoxy) is 2. The lowest BCUT2D eigenvalue weighted by Gasteiger charge is -2.12. The highest BCUT2D eigenvalue weighted by Gasteiger charge is 2.10. The van der Waals surface area contributed by atoms with Crippen molar-refractivity contribution in [2.45, 2.75) is 19.4 Å². The Hall–Kier alpha value is -3.68. The summed E-state index contributed by atoms with van der Waals surface area (Å²) in [7, 11) is 3.06. The van der Waals surface area contributed by atoms with E-state index < -0.39 is 0 Å². The Bertz CT molecular complexity index is 1080. The van der Waals surface area contributed by atoms with E-state index >= 15 is 0 Å². The average molecular weight is 411 g/mol. The van der Waals surface area contributed by atoms with Crippen molar-refractivity contribution in [1.82, 2.24) is 9.78 Å². The Morgan fingerprint density at radius 1 is 1.07 bits per heavy atom. The first-order valence-corrected chi connectivity index (χ1v) is 9.36. The van der Waals surface area contributed by atoms with Gasteiger partial charge in [0.2, 0.25) is 5.91 Å². The standard InChI is InChI=1S/C22H22FN3O4/c1-29-17-9-10-19(20(14-17)30-2)24-21(27)4-3-13-26-22(28)12-11-18(25-26)15-5-7-16(23)8-6-15/h5-12,14H,3-4,13H2,1-2H3,(H,24,27). The smallest absolute Gasteiger partial charge is 0.266 e. The van der Waals surface area contributed by atoms with Gasteiger partial charge < -0.3 is 14.8 Å². The first kappa shape index (κ1) is 21.0. The predicted molar refractivity (Wildman–Crippen MR) is 111 cm³/mol. The van der Waals surface area contributed by atoms with Crippen molar-refractivity contribution < 1.29 is 18.7 Å². The SMILES string of the molecule is COc1ccc(NC(=O)CCCn2nc(-c3ccc(F)cc3)ccc2=O)c(OC)c1. The van der Waals surface area contributed by atoms with Crippen molar-refractivity contribution in [1.29, 1.82) is 0 Å². The fourth-order valence-electron chi connectivity index (χ4n) is 2.89. The number of hydrogen-bond donors (Lipinski definition) is 1. The molecule has 0 saturated carbocycles. The Labute approximate surface area is 173 Å². The van der Waals surface area contributed by atoms with Gasteiger partial charge in [-0.1, -0.05) is 0 Å². The third-order valence-corrected chi connectivity index (χ3v) is 4.46. The summed E-state index contributed by atoms with van der Waals surface area (Å²) >= 11 is 0. The molecule has 1 amide bonds. The summed E-state index contributed by atoms with van der Waals surface area (Å²) in [5.41, 5.74) is 1.53. The number of carbonyl (C=O) groups is 1. The van der Waals surface area contributed by atoms with Gasteiger partial charge in [0.25, 0.3) is 5.56 Å². The molecule has 0 aliphatic carbocycles. The second-order valence-electron chi connectivity index (χ2n) is 6.50. The highest BCUT2D eigenvalue weighted by Crippen LogP contribution is 2.29. The molecule has 156 valence electrons. The molecule has 0 aliphatic heterocycles. The van der Waals surface area contributed by atoms with Gasteiger partial charge in [0.05, 0.1) is 25.6 Å². The van der Waals surface area contributed by atoms with Gasteiger partial charge in [-0.15, -0.1) is 0 Å². The largest absolute Gasteiger partial charge is 0.497 e. The zero-order valence-electron chi connectivity index (χ0n) is 16.7. The van der Waals surface area contributed by atoms with Crippen LogP contribution >= 0.6 is 0 Å². The van der Waals surface area contributed by atoms with Crippen molar-refractivity contribution in [2.24, 2.45) is 0 Å². The quantitative estimate of drug-likeness (QED) is 0.614. The summed E-state index contributed by atoms with van der Waals surface area (Å²) in [6.45, 7) is 0.279. The normalized spacial score (nSPS) is 10.5. The highest BCUT2D eigenvalue weighted by molar-refractivity contribution is 5.92. The van der Waals surface area contributed by atoms with Crippen molar-refractivity contribution in [3.8, 4) is 22.8 Å². The average Bonchev–Trinajstić information content (AvgIpc) is 2.76. The number of aryl methyl sites for hydroxylation is 1. The molecule has 0 unspecified atom stereocenters. The van der Waals surface area contributed by atoms with Gasteiger partial charge in [-0.2, -0.15) is 5.10 Å². The first-order valence-electron chi connectivity index (χ1n) is 9.36. The number of benzene rings is 2. The van der Waals surface area contributed by atoms with Crippen LogP contribution in [0.1, 0.15) is 12.8 Å². The molecular weight excluding hydrogens is 389 g/mol. The van der Waals surface area contributed by atoms with Gasteiger partial charge in [-0.05, 0) is 48.9 Å². The summed E-state index contributed by atoms with van der Waals surface area (Å²) in [5, 5.41) is 7.11. The molecule has 0 atom stereocenters. The van der Waals surface area contributed by atoms with Crippen molar-refractivity contribution >= 4 is 11.6 Å². The van der Waals surface area contributed by atoms with Crippen LogP contribution in [0.5, 0.6) is 11.5 Å². The molecule has 30 heavy (non-hydrogen) atoms. The van der Waals surface area contributed by atoms with Crippen LogP contribution in [0, 0.1) is 5.82 Å². The molecule has 2 aromatic carbocycles. The molecule has 0 fully saturated rings. The Kier molecular flexibility index (Phi) is 6.79. The molecule has 1 aromatic heterocycles. The maximum Gasteiger partial charge on any atom is 0.266 e. The van der Waals surface area contributed by atoms with Gasteiger partial charge in [-0.3, -0.25) is 9.59 Å². The van der Waals surface area contributed by atoms with E-state index in [9.17, 15) is 14.0 Å². The molecule has 3 rings (SSSR count). The van der Waals surface area contributed by atoms with E-state index in [2.05, 4.69) is 10.4 Å². The zero-order chi connectivity index (χ0) is 21.5. The van der Waals surface area contributed by atoms with Gasteiger partial charge in [-0.25, -0.2) is 9.07 Å². The number of nitrogens with zero attached hydrogens (tertiary/aromatic N) is 2. The van der Waals surface area contributed by atoms with E-state index in [1.807, 2.05) is 0 Å². The monoisotopic (exact) mass is 411 g/mol. The number of methoxy groups -OCH3 is 2. The molecule has 0 saturated heterocycles. The van der Waals surface area contributed by atoms with Gasteiger partial charge in [0.1, 0.15) is 17.3 Å². The maximum absolute atomic E-state index is 13.1. The minimum absolute atomic E-state index is 0.198. The van der Waals surface area contributed by atoms with Crippen LogP contribution < -0.4 is 20.3 Å². The fraction of sp³-hybridized carbons (Fsp3) is 0.227. The van der Waals surface area contributed by atoms with E-state index in [0.29, 0.717) is 34.9 Å². The van der Waals surface area contributed by atoms with E-state index in [1.54, 1.807) is 43.5 Å². The third-order valence-electron chi connectivity index (χ3n) is 4.46. The minimum atomic E-state index is -0.341. The van der Waals surface area contributed by atoms with Crippen LogP contribution in [-0.4, -0.2) is 29.9 Å². The van der Waals surface area contributed by atoms with Crippen LogP contribution in [0.25, 0.3) is 11.3 Å². The molecule has 8 heteroatoms.